The van der Waals surface area contributed by atoms with E-state index >= 15 is 0 Å². The van der Waals surface area contributed by atoms with Gasteiger partial charge in [0.2, 0.25) is 0 Å². The van der Waals surface area contributed by atoms with Crippen LogP contribution in [-0.4, -0.2) is 64.6 Å². The van der Waals surface area contributed by atoms with Crippen LogP contribution in [0.5, 0.6) is 0 Å². The molecule has 0 saturated carbocycles. The van der Waals surface area contributed by atoms with Crippen molar-refractivity contribution in [1.29, 1.82) is 0 Å². The van der Waals surface area contributed by atoms with Crippen molar-refractivity contribution >= 4 is 15.9 Å². The van der Waals surface area contributed by atoms with Crippen LogP contribution in [0.2, 0.25) is 0 Å². The second-order valence-electron chi connectivity index (χ2n) is 4.25. The summed E-state index contributed by atoms with van der Waals surface area (Å²) in [6, 6.07) is 0. The lowest BCUT2D eigenvalue weighted by Crippen LogP contribution is -2.45. The molecule has 1 aromatic heterocycles. The van der Waals surface area contributed by atoms with Crippen LogP contribution < -0.4 is 0 Å². The molecule has 1 aliphatic heterocycles. The molecule has 0 atom stereocenters. The summed E-state index contributed by atoms with van der Waals surface area (Å²) in [6.07, 6.45) is 2.00. The molecule has 0 spiro atoms. The number of halogens is 1. The standard InChI is InChI=1S/C10H18BrN5/c1-14-2-4-15(5-3-14)6-7-16-9-10(8-11)12-13-16/h9H,2-8H2,1H3. The van der Waals surface area contributed by atoms with Crippen molar-refractivity contribution in [2.45, 2.75) is 11.9 Å². The second kappa shape index (κ2) is 5.75. The third-order valence-corrected chi connectivity index (χ3v) is 3.54. The van der Waals surface area contributed by atoms with Gasteiger partial charge in [0, 0.05) is 44.3 Å². The van der Waals surface area contributed by atoms with Gasteiger partial charge in [-0.25, -0.2) is 0 Å². The first kappa shape index (κ1) is 12.0. The molecule has 0 aromatic carbocycles. The first-order valence-corrected chi connectivity index (χ1v) is 6.76. The Bertz CT molecular complexity index is 319. The van der Waals surface area contributed by atoms with E-state index in [1.54, 1.807) is 0 Å². The molecule has 5 nitrogen and oxygen atoms in total. The fourth-order valence-corrected chi connectivity index (χ4v) is 2.08. The Kier molecular flexibility index (Phi) is 4.31. The smallest absolute Gasteiger partial charge is 0.0932 e. The second-order valence-corrected chi connectivity index (χ2v) is 4.81. The predicted octanol–water partition coefficient (Wildman–Crippen LogP) is 0.420. The van der Waals surface area contributed by atoms with E-state index in [4.69, 9.17) is 0 Å². The van der Waals surface area contributed by atoms with E-state index in [1.807, 2.05) is 10.9 Å². The molecule has 1 aliphatic rings. The zero-order valence-electron chi connectivity index (χ0n) is 9.64. The SMILES string of the molecule is CN1CCN(CCn2cc(CBr)nn2)CC1. The highest BCUT2D eigenvalue weighted by Gasteiger charge is 2.13. The van der Waals surface area contributed by atoms with E-state index in [2.05, 4.69) is 43.1 Å². The number of nitrogens with zero attached hydrogens (tertiary/aromatic N) is 5. The van der Waals surface area contributed by atoms with Gasteiger partial charge in [0.05, 0.1) is 12.2 Å². The number of aromatic nitrogens is 3. The zero-order valence-corrected chi connectivity index (χ0v) is 11.2. The molecule has 2 heterocycles. The van der Waals surface area contributed by atoms with Crippen molar-refractivity contribution in [3.8, 4) is 0 Å². The number of rotatable bonds is 4. The Morgan fingerprint density at radius 3 is 2.62 bits per heavy atom. The first-order valence-electron chi connectivity index (χ1n) is 5.64. The van der Waals surface area contributed by atoms with Crippen LogP contribution in [-0.2, 0) is 11.9 Å². The Morgan fingerprint density at radius 1 is 1.25 bits per heavy atom. The number of hydrogen-bond donors (Lipinski definition) is 0. The molecule has 1 fully saturated rings. The average Bonchev–Trinajstić information content (AvgIpc) is 2.76. The van der Waals surface area contributed by atoms with E-state index in [-0.39, 0.29) is 0 Å². The Balaban J connectivity index is 1.74. The molecule has 0 amide bonds. The van der Waals surface area contributed by atoms with Crippen molar-refractivity contribution in [2.75, 3.05) is 39.8 Å². The molecule has 1 saturated heterocycles. The summed E-state index contributed by atoms with van der Waals surface area (Å²) in [5.74, 6) is 0. The highest BCUT2D eigenvalue weighted by atomic mass is 79.9. The van der Waals surface area contributed by atoms with Gasteiger partial charge in [-0.1, -0.05) is 21.1 Å². The number of piperazine rings is 1. The van der Waals surface area contributed by atoms with E-state index in [1.165, 1.54) is 13.1 Å². The van der Waals surface area contributed by atoms with Crippen LogP contribution >= 0.6 is 15.9 Å². The van der Waals surface area contributed by atoms with E-state index in [0.29, 0.717) is 0 Å². The summed E-state index contributed by atoms with van der Waals surface area (Å²) < 4.78 is 1.93. The lowest BCUT2D eigenvalue weighted by Gasteiger charge is -2.32. The van der Waals surface area contributed by atoms with Crippen LogP contribution in [0.4, 0.5) is 0 Å². The lowest BCUT2D eigenvalue weighted by atomic mass is 10.3. The van der Waals surface area contributed by atoms with Crippen molar-refractivity contribution in [3.63, 3.8) is 0 Å². The minimum absolute atomic E-state index is 0.779. The molecule has 0 N–H and O–H groups in total. The zero-order chi connectivity index (χ0) is 11.4. The van der Waals surface area contributed by atoms with Crippen LogP contribution in [0, 0.1) is 0 Å². The summed E-state index contributed by atoms with van der Waals surface area (Å²) in [5, 5.41) is 8.92. The molecule has 2 rings (SSSR count). The molecule has 1 aromatic rings. The van der Waals surface area contributed by atoms with Gasteiger partial charge in [-0.15, -0.1) is 5.10 Å². The highest BCUT2D eigenvalue weighted by Crippen LogP contribution is 2.01. The number of hydrogen-bond acceptors (Lipinski definition) is 4. The average molecular weight is 288 g/mol. The summed E-state index contributed by atoms with van der Waals surface area (Å²) >= 11 is 3.37. The van der Waals surface area contributed by atoms with Gasteiger partial charge < -0.3 is 4.90 Å². The van der Waals surface area contributed by atoms with E-state index in [9.17, 15) is 0 Å². The molecule has 0 radical (unpaired) electrons. The highest BCUT2D eigenvalue weighted by molar-refractivity contribution is 9.08. The Labute approximate surface area is 105 Å². The fourth-order valence-electron chi connectivity index (χ4n) is 1.82. The molecule has 6 heteroatoms. The maximum Gasteiger partial charge on any atom is 0.0932 e. The normalized spacial score (nSPS) is 19.1. The van der Waals surface area contributed by atoms with Crippen molar-refractivity contribution in [2.24, 2.45) is 0 Å². The summed E-state index contributed by atoms with van der Waals surface area (Å²) in [4.78, 5) is 4.85. The molecule has 90 valence electrons. The van der Waals surface area contributed by atoms with Crippen molar-refractivity contribution in [3.05, 3.63) is 11.9 Å². The topological polar surface area (TPSA) is 37.2 Å². The van der Waals surface area contributed by atoms with E-state index in [0.717, 1.165) is 37.2 Å². The quantitative estimate of drug-likeness (QED) is 0.753. The lowest BCUT2D eigenvalue weighted by molar-refractivity contribution is 0.148. The van der Waals surface area contributed by atoms with Crippen LogP contribution in [0.15, 0.2) is 6.20 Å². The molecule has 0 unspecified atom stereocenters. The van der Waals surface area contributed by atoms with Crippen LogP contribution in [0.25, 0.3) is 0 Å². The molecule has 0 bridgehead atoms. The Morgan fingerprint density at radius 2 is 2.00 bits per heavy atom. The Hall–Kier alpha value is -0.460. The van der Waals surface area contributed by atoms with Gasteiger partial charge in [0.25, 0.3) is 0 Å². The van der Waals surface area contributed by atoms with Gasteiger partial charge in [0.1, 0.15) is 0 Å². The monoisotopic (exact) mass is 287 g/mol. The first-order chi connectivity index (χ1) is 7.78. The van der Waals surface area contributed by atoms with Gasteiger partial charge in [-0.2, -0.15) is 0 Å². The van der Waals surface area contributed by atoms with Gasteiger partial charge >= 0.3 is 0 Å². The molecule has 16 heavy (non-hydrogen) atoms. The third-order valence-electron chi connectivity index (χ3n) is 2.96. The minimum atomic E-state index is 0.779. The third kappa shape index (κ3) is 3.26. The van der Waals surface area contributed by atoms with Gasteiger partial charge in [-0.3, -0.25) is 9.58 Å². The number of likely N-dealkylation sites (N-methyl/N-ethyl adjacent to an activating group) is 1. The van der Waals surface area contributed by atoms with Crippen LogP contribution in [0.1, 0.15) is 5.69 Å². The predicted molar refractivity (Wildman–Crippen MR) is 66.6 cm³/mol. The maximum atomic E-state index is 4.09. The van der Waals surface area contributed by atoms with Crippen LogP contribution in [0.3, 0.4) is 0 Å². The van der Waals surface area contributed by atoms with Crippen molar-refractivity contribution < 1.29 is 0 Å². The molecular formula is C10H18BrN5. The largest absolute Gasteiger partial charge is 0.304 e. The molecule has 0 aliphatic carbocycles. The molecular weight excluding hydrogens is 270 g/mol. The van der Waals surface area contributed by atoms with Gasteiger partial charge in [-0.05, 0) is 7.05 Å². The van der Waals surface area contributed by atoms with Gasteiger partial charge in [0.15, 0.2) is 0 Å². The summed E-state index contributed by atoms with van der Waals surface area (Å²) in [7, 11) is 2.18. The van der Waals surface area contributed by atoms with Crippen molar-refractivity contribution in [1.82, 2.24) is 24.8 Å². The maximum absolute atomic E-state index is 4.09. The summed E-state index contributed by atoms with van der Waals surface area (Å²) in [6.45, 7) is 6.67. The van der Waals surface area contributed by atoms with E-state index < -0.39 is 0 Å². The summed E-state index contributed by atoms with van der Waals surface area (Å²) in [5.41, 5.74) is 0.998. The number of alkyl halides is 1. The minimum Gasteiger partial charge on any atom is -0.304 e. The fraction of sp³-hybridized carbons (Fsp3) is 0.800.